The van der Waals surface area contributed by atoms with E-state index in [0.717, 1.165) is 6.42 Å². The van der Waals surface area contributed by atoms with Gasteiger partial charge < -0.3 is 20.8 Å². The molecule has 6 nitrogen and oxygen atoms in total. The number of amides is 2. The molecule has 4 N–H and O–H groups in total. The van der Waals surface area contributed by atoms with Crippen LogP contribution >= 0.6 is 0 Å². The summed E-state index contributed by atoms with van der Waals surface area (Å²) in [6.07, 6.45) is 5.97. The zero-order chi connectivity index (χ0) is 13.4. The number of rotatable bonds is 7. The van der Waals surface area contributed by atoms with Crippen molar-refractivity contribution in [3.63, 3.8) is 0 Å². The van der Waals surface area contributed by atoms with Gasteiger partial charge in [0.25, 0.3) is 0 Å². The predicted octanol–water partition coefficient (Wildman–Crippen LogP) is 0.701. The molecule has 0 heterocycles. The number of urea groups is 1. The average Bonchev–Trinajstić information content (AvgIpc) is 2.81. The van der Waals surface area contributed by atoms with Crippen LogP contribution in [0.1, 0.15) is 38.5 Å². The largest absolute Gasteiger partial charge is 0.480 e. The Morgan fingerprint density at radius 3 is 2.50 bits per heavy atom. The Morgan fingerprint density at radius 2 is 1.94 bits per heavy atom. The van der Waals surface area contributed by atoms with Crippen molar-refractivity contribution in [1.29, 1.82) is 0 Å². The Bertz CT molecular complexity index is 277. The molecule has 0 saturated heterocycles. The molecule has 1 atom stereocenters. The Hall–Kier alpha value is -1.30. The third-order valence-electron chi connectivity index (χ3n) is 3.33. The lowest BCUT2D eigenvalue weighted by molar-refractivity contribution is -0.139. The molecular formula is C12H22N2O4. The van der Waals surface area contributed by atoms with Crippen molar-refractivity contribution in [2.45, 2.75) is 44.6 Å². The van der Waals surface area contributed by atoms with Crippen molar-refractivity contribution < 1.29 is 19.8 Å². The summed E-state index contributed by atoms with van der Waals surface area (Å²) >= 11 is 0. The molecule has 0 aromatic rings. The summed E-state index contributed by atoms with van der Waals surface area (Å²) in [5, 5.41) is 22.5. The van der Waals surface area contributed by atoms with Gasteiger partial charge in [0.1, 0.15) is 6.04 Å². The zero-order valence-corrected chi connectivity index (χ0v) is 10.5. The fraction of sp³-hybridized carbons (Fsp3) is 0.833. The van der Waals surface area contributed by atoms with E-state index < -0.39 is 18.0 Å². The van der Waals surface area contributed by atoms with E-state index in [9.17, 15) is 9.59 Å². The summed E-state index contributed by atoms with van der Waals surface area (Å²) in [5.41, 5.74) is 0. The molecule has 18 heavy (non-hydrogen) atoms. The van der Waals surface area contributed by atoms with E-state index >= 15 is 0 Å². The van der Waals surface area contributed by atoms with E-state index in [1.165, 1.54) is 25.7 Å². The highest BCUT2D eigenvalue weighted by Gasteiger charge is 2.19. The fourth-order valence-corrected chi connectivity index (χ4v) is 2.28. The minimum Gasteiger partial charge on any atom is -0.480 e. The Kier molecular flexibility index (Phi) is 6.49. The third-order valence-corrected chi connectivity index (χ3v) is 3.33. The first-order chi connectivity index (χ1) is 8.63. The molecule has 1 aliphatic rings. The number of carboxylic acids is 1. The monoisotopic (exact) mass is 258 g/mol. The van der Waals surface area contributed by atoms with Crippen LogP contribution in [0.5, 0.6) is 0 Å². The van der Waals surface area contributed by atoms with Crippen molar-refractivity contribution in [1.82, 2.24) is 10.6 Å². The molecule has 0 radical (unpaired) electrons. The molecule has 6 heteroatoms. The minimum atomic E-state index is -1.13. The highest BCUT2D eigenvalue weighted by molar-refractivity contribution is 5.82. The second-order valence-electron chi connectivity index (χ2n) is 4.74. The number of nitrogens with one attached hydrogen (secondary N) is 2. The summed E-state index contributed by atoms with van der Waals surface area (Å²) < 4.78 is 0. The highest BCUT2D eigenvalue weighted by atomic mass is 16.4. The zero-order valence-electron chi connectivity index (χ0n) is 10.5. The summed E-state index contributed by atoms with van der Waals surface area (Å²) in [4.78, 5) is 22.2. The van der Waals surface area contributed by atoms with Gasteiger partial charge in [0.2, 0.25) is 0 Å². The molecule has 0 aliphatic heterocycles. The third kappa shape index (κ3) is 5.35. The number of hydrogen-bond donors (Lipinski definition) is 4. The van der Waals surface area contributed by atoms with Crippen LogP contribution in [-0.4, -0.2) is 41.4 Å². The van der Waals surface area contributed by atoms with Gasteiger partial charge in [0.15, 0.2) is 0 Å². The van der Waals surface area contributed by atoms with E-state index in [-0.39, 0.29) is 13.0 Å². The molecule has 1 fully saturated rings. The van der Waals surface area contributed by atoms with Crippen LogP contribution in [0.4, 0.5) is 4.79 Å². The molecule has 1 rings (SSSR count). The van der Waals surface area contributed by atoms with E-state index in [0.29, 0.717) is 12.5 Å². The Balaban J connectivity index is 2.16. The predicted molar refractivity (Wildman–Crippen MR) is 66.2 cm³/mol. The molecule has 1 unspecified atom stereocenters. The first-order valence-corrected chi connectivity index (χ1v) is 6.51. The lowest BCUT2D eigenvalue weighted by Gasteiger charge is -2.15. The topological polar surface area (TPSA) is 98.7 Å². The molecule has 1 saturated carbocycles. The SMILES string of the molecule is O=C(NCCC1CCCC1)NC(CCO)C(=O)O. The quantitative estimate of drug-likeness (QED) is 0.540. The van der Waals surface area contributed by atoms with Crippen molar-refractivity contribution >= 4 is 12.0 Å². The van der Waals surface area contributed by atoms with Gasteiger partial charge in [-0.15, -0.1) is 0 Å². The molecule has 0 spiro atoms. The number of aliphatic carboxylic acids is 1. The number of aliphatic hydroxyl groups excluding tert-OH is 1. The van der Waals surface area contributed by atoms with Gasteiger partial charge in [-0.05, 0) is 12.3 Å². The van der Waals surface area contributed by atoms with Crippen molar-refractivity contribution in [3.8, 4) is 0 Å². The smallest absolute Gasteiger partial charge is 0.326 e. The maximum Gasteiger partial charge on any atom is 0.326 e. The van der Waals surface area contributed by atoms with Gasteiger partial charge >= 0.3 is 12.0 Å². The van der Waals surface area contributed by atoms with Gasteiger partial charge in [-0.2, -0.15) is 0 Å². The average molecular weight is 258 g/mol. The first kappa shape index (κ1) is 14.8. The van der Waals surface area contributed by atoms with Crippen LogP contribution in [0.25, 0.3) is 0 Å². The summed E-state index contributed by atoms with van der Waals surface area (Å²) in [6.45, 7) is 0.307. The van der Waals surface area contributed by atoms with Gasteiger partial charge in [0, 0.05) is 19.6 Å². The molecule has 0 aromatic heterocycles. The Labute approximate surface area is 107 Å². The summed E-state index contributed by atoms with van der Waals surface area (Å²) in [5.74, 6) is -0.437. The number of hydrogen-bond acceptors (Lipinski definition) is 3. The van der Waals surface area contributed by atoms with Crippen molar-refractivity contribution in [2.24, 2.45) is 5.92 Å². The number of aliphatic hydroxyl groups is 1. The standard InChI is InChI=1S/C12H22N2O4/c15-8-6-10(11(16)17)14-12(18)13-7-5-9-3-1-2-4-9/h9-10,15H,1-8H2,(H,16,17)(H2,13,14,18). The molecule has 0 bridgehead atoms. The van der Waals surface area contributed by atoms with Crippen molar-refractivity contribution in [2.75, 3.05) is 13.2 Å². The second kappa shape index (κ2) is 7.92. The molecule has 0 aromatic carbocycles. The highest BCUT2D eigenvalue weighted by Crippen LogP contribution is 2.26. The Morgan fingerprint density at radius 1 is 1.28 bits per heavy atom. The van der Waals surface area contributed by atoms with Crippen molar-refractivity contribution in [3.05, 3.63) is 0 Å². The van der Waals surface area contributed by atoms with Gasteiger partial charge in [-0.25, -0.2) is 9.59 Å². The maximum atomic E-state index is 11.4. The van der Waals surface area contributed by atoms with Crippen LogP contribution in [-0.2, 0) is 4.79 Å². The minimum absolute atomic E-state index is 0.0192. The normalized spacial score (nSPS) is 17.4. The summed E-state index contributed by atoms with van der Waals surface area (Å²) in [7, 11) is 0. The van der Waals surface area contributed by atoms with E-state index in [1.54, 1.807) is 0 Å². The molecule has 1 aliphatic carbocycles. The fourth-order valence-electron chi connectivity index (χ4n) is 2.28. The van der Waals surface area contributed by atoms with Crippen LogP contribution in [0.3, 0.4) is 0 Å². The van der Waals surface area contributed by atoms with E-state index in [2.05, 4.69) is 10.6 Å². The van der Waals surface area contributed by atoms with Gasteiger partial charge in [0.05, 0.1) is 0 Å². The number of carbonyl (C=O) groups is 2. The van der Waals surface area contributed by atoms with Crippen LogP contribution in [0.15, 0.2) is 0 Å². The van der Waals surface area contributed by atoms with Crippen LogP contribution < -0.4 is 10.6 Å². The first-order valence-electron chi connectivity index (χ1n) is 6.51. The lowest BCUT2D eigenvalue weighted by Crippen LogP contribution is -2.46. The number of carboxylic acid groups (broad SMARTS) is 1. The number of carbonyl (C=O) groups excluding carboxylic acids is 1. The molecular weight excluding hydrogens is 236 g/mol. The second-order valence-corrected chi connectivity index (χ2v) is 4.74. The van der Waals surface area contributed by atoms with E-state index in [1.807, 2.05) is 0 Å². The molecule has 104 valence electrons. The molecule has 2 amide bonds. The maximum absolute atomic E-state index is 11.4. The van der Waals surface area contributed by atoms with Gasteiger partial charge in [-0.3, -0.25) is 0 Å². The van der Waals surface area contributed by atoms with E-state index in [4.69, 9.17) is 10.2 Å². The lowest BCUT2D eigenvalue weighted by atomic mass is 10.0. The van der Waals surface area contributed by atoms with Gasteiger partial charge in [-0.1, -0.05) is 25.7 Å². The summed E-state index contributed by atoms with van der Waals surface area (Å²) in [6, 6.07) is -1.50. The van der Waals surface area contributed by atoms with Crippen LogP contribution in [0, 0.1) is 5.92 Å². The van der Waals surface area contributed by atoms with Crippen LogP contribution in [0.2, 0.25) is 0 Å².